The smallest absolute Gasteiger partial charge is 0.0476 e. The van der Waals surface area contributed by atoms with E-state index in [0.29, 0.717) is 6.04 Å². The zero-order valence-electron chi connectivity index (χ0n) is 12.9. The Kier molecular flexibility index (Phi) is 3.48. The predicted molar refractivity (Wildman–Crippen MR) is 87.6 cm³/mol. The molecule has 2 atom stereocenters. The molecule has 1 aliphatic heterocycles. The Morgan fingerprint density at radius 3 is 3.00 bits per heavy atom. The number of hydrogen-bond acceptors (Lipinski definition) is 2. The van der Waals surface area contributed by atoms with Crippen molar-refractivity contribution in [2.45, 2.75) is 44.2 Å². The van der Waals surface area contributed by atoms with E-state index in [4.69, 9.17) is 0 Å². The number of aromatic nitrogens is 1. The second-order valence-corrected chi connectivity index (χ2v) is 6.69. The second-order valence-electron chi connectivity index (χ2n) is 6.69. The molecule has 3 nitrogen and oxygen atoms in total. The van der Waals surface area contributed by atoms with E-state index in [9.17, 15) is 0 Å². The van der Waals surface area contributed by atoms with Crippen LogP contribution in [0.5, 0.6) is 0 Å². The molecule has 0 radical (unpaired) electrons. The molecule has 1 aromatic heterocycles. The Hall–Kier alpha value is -1.32. The van der Waals surface area contributed by atoms with Crippen molar-refractivity contribution in [1.29, 1.82) is 0 Å². The summed E-state index contributed by atoms with van der Waals surface area (Å²) in [6, 6.07) is 9.98. The molecule has 2 heterocycles. The first-order valence-electron chi connectivity index (χ1n) is 8.36. The lowest BCUT2D eigenvalue weighted by Gasteiger charge is -2.27. The number of aryl methyl sites for hydroxylation is 1. The summed E-state index contributed by atoms with van der Waals surface area (Å²) in [7, 11) is 2.26. The van der Waals surface area contributed by atoms with Gasteiger partial charge in [-0.3, -0.25) is 0 Å². The van der Waals surface area contributed by atoms with E-state index in [1.54, 1.807) is 5.56 Å². The lowest BCUT2D eigenvalue weighted by atomic mass is 9.91. The van der Waals surface area contributed by atoms with Crippen LogP contribution in [0.25, 0.3) is 10.9 Å². The Bertz CT molecular complexity index is 630. The quantitative estimate of drug-likeness (QED) is 0.906. The number of likely N-dealkylation sites (N-methyl/N-ethyl adjacent to an activating group) is 1. The third-order valence-corrected chi connectivity index (χ3v) is 5.39. The predicted octanol–water partition coefficient (Wildman–Crippen LogP) is 3.23. The lowest BCUT2D eigenvalue weighted by Crippen LogP contribution is -2.38. The highest BCUT2D eigenvalue weighted by molar-refractivity contribution is 5.85. The maximum Gasteiger partial charge on any atom is 0.0476 e. The van der Waals surface area contributed by atoms with Crippen molar-refractivity contribution in [3.63, 3.8) is 0 Å². The van der Waals surface area contributed by atoms with Crippen LogP contribution in [0.4, 0.5) is 0 Å². The summed E-state index contributed by atoms with van der Waals surface area (Å²) in [6.07, 6.45) is 6.48. The van der Waals surface area contributed by atoms with Gasteiger partial charge >= 0.3 is 0 Å². The van der Waals surface area contributed by atoms with Crippen LogP contribution in [-0.4, -0.2) is 36.1 Å². The van der Waals surface area contributed by atoms with Crippen molar-refractivity contribution >= 4 is 10.9 Å². The number of H-pyrrole nitrogens is 1. The molecular formula is C18H25N3. The maximum atomic E-state index is 3.84. The molecule has 112 valence electrons. The largest absolute Gasteiger partial charge is 0.357 e. The van der Waals surface area contributed by atoms with Gasteiger partial charge in [0.15, 0.2) is 0 Å². The summed E-state index contributed by atoms with van der Waals surface area (Å²) in [6.45, 7) is 2.38. The van der Waals surface area contributed by atoms with E-state index in [1.165, 1.54) is 55.2 Å². The number of aromatic amines is 1. The van der Waals surface area contributed by atoms with Gasteiger partial charge in [0.25, 0.3) is 0 Å². The molecule has 0 spiro atoms. The molecule has 1 fully saturated rings. The normalized spacial score (nSPS) is 26.3. The van der Waals surface area contributed by atoms with E-state index >= 15 is 0 Å². The fourth-order valence-corrected chi connectivity index (χ4v) is 4.13. The molecule has 2 N–H and O–H groups in total. The first-order valence-corrected chi connectivity index (χ1v) is 8.36. The van der Waals surface area contributed by atoms with Gasteiger partial charge in [-0.05, 0) is 57.3 Å². The third kappa shape index (κ3) is 2.39. The van der Waals surface area contributed by atoms with Crippen LogP contribution in [0.1, 0.15) is 43.0 Å². The Labute approximate surface area is 126 Å². The van der Waals surface area contributed by atoms with Crippen LogP contribution < -0.4 is 5.32 Å². The van der Waals surface area contributed by atoms with E-state index in [1.807, 2.05) is 0 Å². The number of rotatable bonds is 3. The number of benzene rings is 1. The number of nitrogens with one attached hydrogen (secondary N) is 2. The molecule has 1 aromatic carbocycles. The molecule has 2 aromatic rings. The van der Waals surface area contributed by atoms with Crippen LogP contribution in [0.3, 0.4) is 0 Å². The minimum absolute atomic E-state index is 0.509. The molecule has 0 amide bonds. The van der Waals surface area contributed by atoms with Gasteiger partial charge in [0.1, 0.15) is 0 Å². The number of nitrogens with zero attached hydrogens (tertiary/aromatic N) is 1. The van der Waals surface area contributed by atoms with Crippen LogP contribution >= 0.6 is 0 Å². The van der Waals surface area contributed by atoms with Crippen LogP contribution in [0.2, 0.25) is 0 Å². The average Bonchev–Trinajstić information content (AvgIpc) is 3.09. The van der Waals surface area contributed by atoms with Gasteiger partial charge < -0.3 is 15.2 Å². The SMILES string of the molecule is CN1CCCC1CNC1CCCc2c1[nH]c1ccccc21. The van der Waals surface area contributed by atoms with Crippen molar-refractivity contribution < 1.29 is 0 Å². The molecule has 4 rings (SSSR count). The lowest BCUT2D eigenvalue weighted by molar-refractivity contribution is 0.286. The van der Waals surface area contributed by atoms with Crippen LogP contribution in [-0.2, 0) is 6.42 Å². The van der Waals surface area contributed by atoms with Gasteiger partial charge in [-0.15, -0.1) is 0 Å². The zero-order chi connectivity index (χ0) is 14.2. The molecule has 1 aliphatic carbocycles. The summed E-state index contributed by atoms with van der Waals surface area (Å²) in [4.78, 5) is 6.18. The van der Waals surface area contributed by atoms with Crippen LogP contribution in [0.15, 0.2) is 24.3 Å². The second kappa shape index (κ2) is 5.47. The minimum Gasteiger partial charge on any atom is -0.357 e. The van der Waals surface area contributed by atoms with Crippen molar-refractivity contribution in [3.8, 4) is 0 Å². The van der Waals surface area contributed by atoms with Crippen molar-refractivity contribution in [2.24, 2.45) is 0 Å². The standard InChI is InChI=1S/C18H25N3/c1-21-11-5-6-13(21)12-19-17-10-4-8-15-14-7-2-3-9-16(14)20-18(15)17/h2-3,7,9,13,17,19-20H,4-6,8,10-12H2,1H3. The first kappa shape index (κ1) is 13.4. The first-order chi connectivity index (χ1) is 10.3. The molecule has 2 aliphatic rings. The molecule has 21 heavy (non-hydrogen) atoms. The van der Waals surface area contributed by atoms with Crippen molar-refractivity contribution in [2.75, 3.05) is 20.1 Å². The summed E-state index contributed by atoms with van der Waals surface area (Å²) < 4.78 is 0. The molecule has 0 saturated carbocycles. The highest BCUT2D eigenvalue weighted by Crippen LogP contribution is 2.34. The molecule has 1 saturated heterocycles. The average molecular weight is 283 g/mol. The third-order valence-electron chi connectivity index (χ3n) is 5.39. The summed E-state index contributed by atoms with van der Waals surface area (Å²) >= 11 is 0. The Morgan fingerprint density at radius 2 is 2.14 bits per heavy atom. The van der Waals surface area contributed by atoms with Gasteiger partial charge in [-0.25, -0.2) is 0 Å². The Morgan fingerprint density at radius 1 is 1.24 bits per heavy atom. The van der Waals surface area contributed by atoms with Gasteiger partial charge in [0, 0.05) is 35.2 Å². The number of likely N-dealkylation sites (tertiary alicyclic amines) is 1. The number of fused-ring (bicyclic) bond motifs is 3. The van der Waals surface area contributed by atoms with Gasteiger partial charge in [0.2, 0.25) is 0 Å². The monoisotopic (exact) mass is 283 g/mol. The van der Waals surface area contributed by atoms with Crippen LogP contribution in [0, 0.1) is 0 Å². The zero-order valence-corrected chi connectivity index (χ0v) is 12.9. The van der Waals surface area contributed by atoms with E-state index in [2.05, 4.69) is 46.5 Å². The summed E-state index contributed by atoms with van der Waals surface area (Å²) in [5.41, 5.74) is 4.30. The van der Waals surface area contributed by atoms with E-state index in [-0.39, 0.29) is 0 Å². The molecular weight excluding hydrogens is 258 g/mol. The highest BCUT2D eigenvalue weighted by Gasteiger charge is 2.26. The maximum absolute atomic E-state index is 3.84. The van der Waals surface area contributed by atoms with Crippen molar-refractivity contribution in [3.05, 3.63) is 35.5 Å². The Balaban J connectivity index is 1.55. The number of hydrogen-bond donors (Lipinski definition) is 2. The molecule has 2 unspecified atom stereocenters. The topological polar surface area (TPSA) is 31.1 Å². The fraction of sp³-hybridized carbons (Fsp3) is 0.556. The van der Waals surface area contributed by atoms with Gasteiger partial charge in [0.05, 0.1) is 0 Å². The fourth-order valence-electron chi connectivity index (χ4n) is 4.13. The number of para-hydroxylation sites is 1. The molecule has 0 bridgehead atoms. The summed E-state index contributed by atoms with van der Waals surface area (Å²) in [5.74, 6) is 0. The minimum atomic E-state index is 0.509. The van der Waals surface area contributed by atoms with Gasteiger partial charge in [-0.2, -0.15) is 0 Å². The highest BCUT2D eigenvalue weighted by atomic mass is 15.2. The van der Waals surface area contributed by atoms with Crippen molar-refractivity contribution in [1.82, 2.24) is 15.2 Å². The summed E-state index contributed by atoms with van der Waals surface area (Å²) in [5, 5.41) is 5.27. The van der Waals surface area contributed by atoms with E-state index in [0.717, 1.165) is 12.6 Å². The molecule has 3 heteroatoms. The van der Waals surface area contributed by atoms with Gasteiger partial charge in [-0.1, -0.05) is 18.2 Å². The van der Waals surface area contributed by atoms with E-state index < -0.39 is 0 Å².